The Morgan fingerprint density at radius 2 is 2.14 bits per heavy atom. The molecule has 0 amide bonds. The highest BCUT2D eigenvalue weighted by Crippen LogP contribution is 2.39. The standard InChI is InChI=1S/C11H10O3/c1-7-2-3-9-8(4-7)10(12)11(5-13-9)6-14-11/h2-4H,5-6H2,1H3. The average Bonchev–Trinajstić information content (AvgIpc) is 2.94. The minimum Gasteiger partial charge on any atom is -0.489 e. The summed E-state index contributed by atoms with van der Waals surface area (Å²) in [5.41, 5.74) is 1.09. The van der Waals surface area contributed by atoms with Gasteiger partial charge in [-0.3, -0.25) is 4.79 Å². The molecule has 3 nitrogen and oxygen atoms in total. The lowest BCUT2D eigenvalue weighted by atomic mass is 9.94. The Hall–Kier alpha value is -1.35. The molecule has 1 saturated heterocycles. The quantitative estimate of drug-likeness (QED) is 0.579. The molecule has 0 saturated carbocycles. The van der Waals surface area contributed by atoms with E-state index in [1.165, 1.54) is 0 Å². The maximum atomic E-state index is 11.9. The van der Waals surface area contributed by atoms with Crippen LogP contribution in [-0.2, 0) is 4.74 Å². The van der Waals surface area contributed by atoms with Crippen LogP contribution in [-0.4, -0.2) is 24.6 Å². The van der Waals surface area contributed by atoms with Crippen LogP contribution in [0.3, 0.4) is 0 Å². The first-order valence-corrected chi connectivity index (χ1v) is 4.63. The number of ketones is 1. The van der Waals surface area contributed by atoms with Crippen LogP contribution in [0.4, 0.5) is 0 Å². The van der Waals surface area contributed by atoms with E-state index in [4.69, 9.17) is 9.47 Å². The fourth-order valence-corrected chi connectivity index (χ4v) is 1.75. The number of hydrogen-bond acceptors (Lipinski definition) is 3. The van der Waals surface area contributed by atoms with Crippen LogP contribution in [0.15, 0.2) is 18.2 Å². The highest BCUT2D eigenvalue weighted by Gasteiger charge is 2.56. The molecule has 1 fully saturated rings. The smallest absolute Gasteiger partial charge is 0.204 e. The number of aryl methyl sites for hydroxylation is 1. The monoisotopic (exact) mass is 190 g/mol. The van der Waals surface area contributed by atoms with Crippen molar-refractivity contribution >= 4 is 5.78 Å². The van der Waals surface area contributed by atoms with E-state index in [9.17, 15) is 4.79 Å². The van der Waals surface area contributed by atoms with Crippen molar-refractivity contribution in [3.05, 3.63) is 29.3 Å². The number of rotatable bonds is 0. The molecule has 0 bridgehead atoms. The van der Waals surface area contributed by atoms with Crippen LogP contribution < -0.4 is 4.74 Å². The summed E-state index contributed by atoms with van der Waals surface area (Å²) in [6, 6.07) is 5.65. The van der Waals surface area contributed by atoms with E-state index in [-0.39, 0.29) is 5.78 Å². The second-order valence-electron chi connectivity index (χ2n) is 3.90. The number of epoxide rings is 1. The number of ether oxygens (including phenoxy) is 2. The average molecular weight is 190 g/mol. The van der Waals surface area contributed by atoms with Crippen molar-refractivity contribution in [2.75, 3.05) is 13.2 Å². The normalized spacial score (nSPS) is 28.5. The second-order valence-corrected chi connectivity index (χ2v) is 3.90. The Kier molecular flexibility index (Phi) is 1.35. The second kappa shape index (κ2) is 2.36. The SMILES string of the molecule is Cc1ccc2c(c1)C(=O)C1(CO2)CO1. The van der Waals surface area contributed by atoms with Gasteiger partial charge >= 0.3 is 0 Å². The Morgan fingerprint density at radius 1 is 1.36 bits per heavy atom. The highest BCUT2D eigenvalue weighted by atomic mass is 16.6. The number of hydrogen-bond donors (Lipinski definition) is 0. The fraction of sp³-hybridized carbons (Fsp3) is 0.364. The van der Waals surface area contributed by atoms with Crippen LogP contribution in [0, 0.1) is 6.92 Å². The molecule has 2 aliphatic rings. The molecule has 0 radical (unpaired) electrons. The lowest BCUT2D eigenvalue weighted by Gasteiger charge is -2.21. The van der Waals surface area contributed by atoms with Crippen molar-refractivity contribution in [3.8, 4) is 5.75 Å². The first-order chi connectivity index (χ1) is 6.71. The van der Waals surface area contributed by atoms with Crippen LogP contribution in [0.25, 0.3) is 0 Å². The number of benzene rings is 1. The van der Waals surface area contributed by atoms with E-state index < -0.39 is 5.60 Å². The summed E-state index contributed by atoms with van der Waals surface area (Å²) in [6.07, 6.45) is 0. The van der Waals surface area contributed by atoms with Crippen molar-refractivity contribution in [3.63, 3.8) is 0 Å². The molecule has 3 rings (SSSR count). The van der Waals surface area contributed by atoms with Crippen LogP contribution in [0.5, 0.6) is 5.75 Å². The van der Waals surface area contributed by atoms with E-state index in [1.54, 1.807) is 0 Å². The Morgan fingerprint density at radius 3 is 2.86 bits per heavy atom. The third-order valence-electron chi connectivity index (χ3n) is 2.75. The van der Waals surface area contributed by atoms with E-state index >= 15 is 0 Å². The van der Waals surface area contributed by atoms with Crippen molar-refractivity contribution in [2.45, 2.75) is 12.5 Å². The zero-order valence-corrected chi connectivity index (χ0v) is 7.87. The molecule has 1 unspecified atom stereocenters. The zero-order chi connectivity index (χ0) is 9.76. The molecule has 2 heterocycles. The summed E-state index contributed by atoms with van der Waals surface area (Å²) in [4.78, 5) is 11.9. The molecule has 72 valence electrons. The van der Waals surface area contributed by atoms with Crippen LogP contribution >= 0.6 is 0 Å². The Balaban J connectivity index is 2.13. The predicted molar refractivity (Wildman–Crippen MR) is 49.7 cm³/mol. The summed E-state index contributed by atoms with van der Waals surface area (Å²) < 4.78 is 10.7. The van der Waals surface area contributed by atoms with Gasteiger partial charge in [0, 0.05) is 0 Å². The Labute approximate surface area is 81.6 Å². The van der Waals surface area contributed by atoms with Gasteiger partial charge in [0.25, 0.3) is 0 Å². The molecule has 2 aliphatic heterocycles. The molecule has 1 atom stereocenters. The molecule has 14 heavy (non-hydrogen) atoms. The van der Waals surface area contributed by atoms with Crippen molar-refractivity contribution in [2.24, 2.45) is 0 Å². The number of fused-ring (bicyclic) bond motifs is 1. The van der Waals surface area contributed by atoms with Crippen LogP contribution in [0.1, 0.15) is 15.9 Å². The van der Waals surface area contributed by atoms with E-state index in [1.807, 2.05) is 25.1 Å². The summed E-state index contributed by atoms with van der Waals surface area (Å²) in [6.45, 7) is 2.82. The molecule has 0 N–H and O–H groups in total. The van der Waals surface area contributed by atoms with Crippen LogP contribution in [0.2, 0.25) is 0 Å². The van der Waals surface area contributed by atoms with Gasteiger partial charge in [0.05, 0.1) is 12.2 Å². The van der Waals surface area contributed by atoms with E-state index in [2.05, 4.69) is 0 Å². The summed E-state index contributed by atoms with van der Waals surface area (Å²) in [5.74, 6) is 0.754. The van der Waals surface area contributed by atoms with Gasteiger partial charge < -0.3 is 9.47 Å². The number of Topliss-reactive ketones (excluding diaryl/α,β-unsaturated/α-hetero) is 1. The first-order valence-electron chi connectivity index (χ1n) is 4.63. The van der Waals surface area contributed by atoms with E-state index in [0.717, 1.165) is 5.56 Å². The van der Waals surface area contributed by atoms with Gasteiger partial charge in [-0.05, 0) is 19.1 Å². The van der Waals surface area contributed by atoms with E-state index in [0.29, 0.717) is 24.5 Å². The lowest BCUT2D eigenvalue weighted by molar-refractivity contribution is 0.0755. The molecule has 1 spiro atoms. The fourth-order valence-electron chi connectivity index (χ4n) is 1.75. The zero-order valence-electron chi connectivity index (χ0n) is 7.87. The van der Waals surface area contributed by atoms with Gasteiger partial charge in [-0.15, -0.1) is 0 Å². The molecule has 0 aliphatic carbocycles. The third-order valence-corrected chi connectivity index (χ3v) is 2.75. The topological polar surface area (TPSA) is 38.8 Å². The Bertz CT molecular complexity index is 419. The van der Waals surface area contributed by atoms with Gasteiger partial charge in [0.1, 0.15) is 12.4 Å². The van der Waals surface area contributed by atoms with Gasteiger partial charge in [-0.1, -0.05) is 11.6 Å². The van der Waals surface area contributed by atoms with Gasteiger partial charge in [0.15, 0.2) is 5.60 Å². The molecule has 3 heteroatoms. The van der Waals surface area contributed by atoms with Gasteiger partial charge in [0.2, 0.25) is 5.78 Å². The van der Waals surface area contributed by atoms with Gasteiger partial charge in [-0.2, -0.15) is 0 Å². The van der Waals surface area contributed by atoms with Crippen molar-refractivity contribution < 1.29 is 14.3 Å². The lowest BCUT2D eigenvalue weighted by Crippen LogP contribution is -2.36. The molecular weight excluding hydrogens is 180 g/mol. The van der Waals surface area contributed by atoms with Crippen molar-refractivity contribution in [1.82, 2.24) is 0 Å². The highest BCUT2D eigenvalue weighted by molar-refractivity contribution is 6.07. The largest absolute Gasteiger partial charge is 0.489 e. The number of carbonyl (C=O) groups is 1. The molecular formula is C11H10O3. The maximum absolute atomic E-state index is 11.9. The predicted octanol–water partition coefficient (Wildman–Crippen LogP) is 1.34. The molecule has 0 aromatic heterocycles. The molecule has 1 aromatic carbocycles. The van der Waals surface area contributed by atoms with Crippen molar-refractivity contribution in [1.29, 1.82) is 0 Å². The third kappa shape index (κ3) is 0.930. The summed E-state index contributed by atoms with van der Waals surface area (Å²) in [5, 5.41) is 0. The maximum Gasteiger partial charge on any atom is 0.204 e. The van der Waals surface area contributed by atoms with Gasteiger partial charge in [-0.25, -0.2) is 0 Å². The molecule has 1 aromatic rings. The minimum absolute atomic E-state index is 0.0717. The summed E-state index contributed by atoms with van der Waals surface area (Å²) in [7, 11) is 0. The minimum atomic E-state index is -0.638. The number of carbonyl (C=O) groups excluding carboxylic acids is 1. The summed E-state index contributed by atoms with van der Waals surface area (Å²) >= 11 is 0. The first kappa shape index (κ1) is 8.00.